The van der Waals surface area contributed by atoms with Crippen molar-refractivity contribution in [3.05, 3.63) is 63.2 Å². The summed E-state index contributed by atoms with van der Waals surface area (Å²) in [4.78, 5) is 34.2. The molecule has 10 heteroatoms. The zero-order valence-electron chi connectivity index (χ0n) is 16.8. The van der Waals surface area contributed by atoms with Crippen LogP contribution in [0.2, 0.25) is 5.02 Å². The van der Waals surface area contributed by atoms with E-state index in [1.54, 1.807) is 45.0 Å². The lowest BCUT2D eigenvalue weighted by molar-refractivity contribution is -0.384. The van der Waals surface area contributed by atoms with Gasteiger partial charge in [-0.1, -0.05) is 11.6 Å². The van der Waals surface area contributed by atoms with Crippen LogP contribution in [0, 0.1) is 10.1 Å². The van der Waals surface area contributed by atoms with Crippen molar-refractivity contribution in [3.8, 4) is 0 Å². The molecule has 0 aliphatic carbocycles. The van der Waals surface area contributed by atoms with Gasteiger partial charge in [-0.05, 0) is 51.1 Å². The van der Waals surface area contributed by atoms with E-state index in [4.69, 9.17) is 16.3 Å². The summed E-state index contributed by atoms with van der Waals surface area (Å²) in [7, 11) is 0. The first-order valence-electron chi connectivity index (χ1n) is 9.11. The molecule has 2 rings (SSSR count). The van der Waals surface area contributed by atoms with Gasteiger partial charge in [-0.15, -0.1) is 0 Å². The van der Waals surface area contributed by atoms with Crippen molar-refractivity contribution in [1.82, 2.24) is 5.32 Å². The number of rotatable bonds is 7. The molecule has 0 bridgehead atoms. The van der Waals surface area contributed by atoms with Crippen molar-refractivity contribution in [1.29, 1.82) is 0 Å². The van der Waals surface area contributed by atoms with Crippen molar-refractivity contribution >= 4 is 40.7 Å². The van der Waals surface area contributed by atoms with E-state index < -0.39 is 22.5 Å². The number of nitro groups is 1. The average Bonchev–Trinajstić information content (AvgIpc) is 2.65. The summed E-state index contributed by atoms with van der Waals surface area (Å²) in [6, 6.07) is 10.5. The Balaban J connectivity index is 1.86. The number of carbonyl (C=O) groups excluding carboxylic acids is 2. The van der Waals surface area contributed by atoms with Crippen LogP contribution in [0.4, 0.5) is 21.9 Å². The van der Waals surface area contributed by atoms with E-state index in [1.807, 2.05) is 0 Å². The molecule has 3 N–H and O–H groups in total. The zero-order valence-corrected chi connectivity index (χ0v) is 17.6. The van der Waals surface area contributed by atoms with E-state index in [0.717, 1.165) is 11.8 Å². The smallest absolute Gasteiger partial charge is 0.407 e. The van der Waals surface area contributed by atoms with Gasteiger partial charge in [0.15, 0.2) is 0 Å². The molecule has 2 aromatic carbocycles. The molecule has 0 radical (unpaired) electrons. The van der Waals surface area contributed by atoms with Crippen LogP contribution in [0.3, 0.4) is 0 Å². The lowest BCUT2D eigenvalue weighted by atomic mass is 10.1. The second-order valence-corrected chi connectivity index (χ2v) is 7.72. The van der Waals surface area contributed by atoms with Gasteiger partial charge in [0, 0.05) is 36.6 Å². The van der Waals surface area contributed by atoms with Gasteiger partial charge in [0.05, 0.1) is 15.5 Å². The number of alkyl carbamates (subject to hydrolysis) is 1. The topological polar surface area (TPSA) is 123 Å². The molecule has 160 valence electrons. The Morgan fingerprint density at radius 1 is 1.07 bits per heavy atom. The molecule has 2 amide bonds. The predicted molar refractivity (Wildman–Crippen MR) is 115 cm³/mol. The molecule has 9 nitrogen and oxygen atoms in total. The molecule has 0 aliphatic rings. The molecule has 0 saturated carbocycles. The normalized spacial score (nSPS) is 10.8. The van der Waals surface area contributed by atoms with Crippen LogP contribution < -0.4 is 16.0 Å². The van der Waals surface area contributed by atoms with Crippen molar-refractivity contribution in [2.75, 3.05) is 23.7 Å². The summed E-state index contributed by atoms with van der Waals surface area (Å²) in [6.45, 7) is 6.22. The van der Waals surface area contributed by atoms with Gasteiger partial charge in [0.25, 0.3) is 11.6 Å². The third-order valence-electron chi connectivity index (χ3n) is 3.67. The number of nitrogens with one attached hydrogen (secondary N) is 3. The molecule has 0 spiro atoms. The molecule has 2 aromatic rings. The molecule has 0 fully saturated rings. The molecule has 0 aromatic heterocycles. The highest BCUT2D eigenvalue weighted by molar-refractivity contribution is 6.34. The lowest BCUT2D eigenvalue weighted by Crippen LogP contribution is -2.34. The summed E-state index contributed by atoms with van der Waals surface area (Å²) in [5.74, 6) is -0.550. The van der Waals surface area contributed by atoms with Crippen molar-refractivity contribution in [3.63, 3.8) is 0 Å². The molecule has 0 aliphatic heterocycles. The number of carbonyl (C=O) groups is 2. The first kappa shape index (κ1) is 23.0. The Morgan fingerprint density at radius 3 is 2.30 bits per heavy atom. The highest BCUT2D eigenvalue weighted by Gasteiger charge is 2.16. The van der Waals surface area contributed by atoms with Crippen LogP contribution in [-0.2, 0) is 4.74 Å². The maximum Gasteiger partial charge on any atom is 0.407 e. The van der Waals surface area contributed by atoms with Gasteiger partial charge in [-0.25, -0.2) is 4.79 Å². The van der Waals surface area contributed by atoms with E-state index in [-0.39, 0.29) is 16.3 Å². The molecule has 0 heterocycles. The zero-order chi connectivity index (χ0) is 22.3. The fourth-order valence-electron chi connectivity index (χ4n) is 2.36. The summed E-state index contributed by atoms with van der Waals surface area (Å²) in [5.41, 5.74) is 0.532. The quantitative estimate of drug-likeness (QED) is 0.336. The second-order valence-electron chi connectivity index (χ2n) is 7.31. The molecule has 0 unspecified atom stereocenters. The van der Waals surface area contributed by atoms with E-state index in [9.17, 15) is 19.7 Å². The lowest BCUT2D eigenvalue weighted by Gasteiger charge is -2.19. The molecule has 0 saturated heterocycles. The number of hydrogen-bond acceptors (Lipinski definition) is 6. The Hall–Kier alpha value is -3.33. The fraction of sp³-hybridized carbons (Fsp3) is 0.300. The number of non-ortho nitro benzene ring substituents is 1. The van der Waals surface area contributed by atoms with Crippen molar-refractivity contribution in [2.45, 2.75) is 26.4 Å². The largest absolute Gasteiger partial charge is 0.444 e. The number of halogens is 1. The molecular weight excluding hydrogens is 412 g/mol. The standard InChI is InChI=1S/C20H23ClN4O5/c1-20(2,3)30-19(27)23-11-10-22-13-4-6-14(7-5-13)24-18(26)16-12-15(25(28)29)8-9-17(16)21/h4-9,12,22H,10-11H2,1-3H3,(H,23,27)(H,24,26). The Labute approximate surface area is 178 Å². The predicted octanol–water partition coefficient (Wildman–Crippen LogP) is 4.44. The number of nitrogens with zero attached hydrogens (tertiary/aromatic N) is 1. The maximum atomic E-state index is 12.4. The SMILES string of the molecule is CC(C)(C)OC(=O)NCCNc1ccc(NC(=O)c2cc([N+](=O)[O-])ccc2Cl)cc1. The number of anilines is 2. The summed E-state index contributed by atoms with van der Waals surface area (Å²) >= 11 is 5.98. The van der Waals surface area contributed by atoms with Gasteiger partial charge in [-0.2, -0.15) is 0 Å². The van der Waals surface area contributed by atoms with E-state index >= 15 is 0 Å². The van der Waals surface area contributed by atoms with Crippen LogP contribution in [0.25, 0.3) is 0 Å². The Bertz CT molecular complexity index is 926. The van der Waals surface area contributed by atoms with Crippen molar-refractivity contribution in [2.24, 2.45) is 0 Å². The maximum absolute atomic E-state index is 12.4. The van der Waals surface area contributed by atoms with Crippen LogP contribution in [0.5, 0.6) is 0 Å². The number of hydrogen-bond donors (Lipinski definition) is 3. The van der Waals surface area contributed by atoms with Crippen LogP contribution in [0.1, 0.15) is 31.1 Å². The third kappa shape index (κ3) is 7.25. The average molecular weight is 435 g/mol. The van der Waals surface area contributed by atoms with Crippen molar-refractivity contribution < 1.29 is 19.2 Å². The van der Waals surface area contributed by atoms with Gasteiger partial charge in [-0.3, -0.25) is 14.9 Å². The molecule has 30 heavy (non-hydrogen) atoms. The van der Waals surface area contributed by atoms with Crippen LogP contribution in [-0.4, -0.2) is 35.6 Å². The monoisotopic (exact) mass is 434 g/mol. The minimum absolute atomic E-state index is 0.0151. The van der Waals surface area contributed by atoms with Crippen LogP contribution >= 0.6 is 11.6 Å². The minimum atomic E-state index is -0.592. The number of amides is 2. The minimum Gasteiger partial charge on any atom is -0.444 e. The highest BCUT2D eigenvalue weighted by atomic mass is 35.5. The van der Waals surface area contributed by atoms with Gasteiger partial charge >= 0.3 is 6.09 Å². The first-order valence-corrected chi connectivity index (χ1v) is 9.49. The number of nitro benzene ring substituents is 1. The Kier molecular flexibility index (Phi) is 7.60. The van der Waals surface area contributed by atoms with E-state index in [1.165, 1.54) is 12.1 Å². The van der Waals surface area contributed by atoms with Crippen LogP contribution in [0.15, 0.2) is 42.5 Å². The number of ether oxygens (including phenoxy) is 1. The Morgan fingerprint density at radius 2 is 1.70 bits per heavy atom. The molecular formula is C20H23ClN4O5. The van der Waals surface area contributed by atoms with E-state index in [2.05, 4.69) is 16.0 Å². The third-order valence-corrected chi connectivity index (χ3v) is 4.00. The van der Waals surface area contributed by atoms with Gasteiger partial charge in [0.2, 0.25) is 0 Å². The van der Waals surface area contributed by atoms with E-state index in [0.29, 0.717) is 18.8 Å². The summed E-state index contributed by atoms with van der Waals surface area (Å²) < 4.78 is 5.14. The first-order chi connectivity index (χ1) is 14.0. The number of benzene rings is 2. The fourth-order valence-corrected chi connectivity index (χ4v) is 2.56. The van der Waals surface area contributed by atoms with Gasteiger partial charge in [0.1, 0.15) is 5.60 Å². The summed E-state index contributed by atoms with van der Waals surface area (Å²) in [5, 5.41) is 19.4. The van der Waals surface area contributed by atoms with Gasteiger partial charge < -0.3 is 20.7 Å². The molecule has 0 atom stereocenters. The second kappa shape index (κ2) is 9.93. The highest BCUT2D eigenvalue weighted by Crippen LogP contribution is 2.23. The summed E-state index contributed by atoms with van der Waals surface area (Å²) in [6.07, 6.45) is -0.484.